The minimum atomic E-state index is -1.04. The molecular weight excluding hydrogens is 677 g/mol. The van der Waals surface area contributed by atoms with Gasteiger partial charge in [-0.15, -0.1) is 5.76 Å². The molecule has 0 aromatic heterocycles. The minimum Gasteiger partial charge on any atom is -0.875 e. The van der Waals surface area contributed by atoms with Gasteiger partial charge in [0.15, 0.2) is 5.78 Å². The fourth-order valence-corrected chi connectivity index (χ4v) is 8.00. The molecule has 0 amide bonds. The van der Waals surface area contributed by atoms with E-state index in [-0.39, 0.29) is 109 Å². The van der Waals surface area contributed by atoms with Crippen LogP contribution in [0.15, 0.2) is 24.0 Å². The van der Waals surface area contributed by atoms with E-state index in [2.05, 4.69) is 20.8 Å². The molecule has 290 valence electrons. The van der Waals surface area contributed by atoms with Gasteiger partial charge in [0.25, 0.3) is 0 Å². The Balaban J connectivity index is 0.0000130. The minimum absolute atomic E-state index is 0. The van der Waals surface area contributed by atoms with Gasteiger partial charge in [-0.3, -0.25) is 4.79 Å². The number of carboxylic acid groups (broad SMARTS) is 1. The maximum Gasteiger partial charge on any atom is 2.00 e. The van der Waals surface area contributed by atoms with Gasteiger partial charge in [0.2, 0.25) is 0 Å². The van der Waals surface area contributed by atoms with Gasteiger partial charge in [0.1, 0.15) is 0 Å². The first-order valence-electron chi connectivity index (χ1n) is 19.4. The molecule has 2 aliphatic rings. The van der Waals surface area contributed by atoms with Crippen LogP contribution >= 0.6 is 0 Å². The predicted octanol–water partition coefficient (Wildman–Crippen LogP) is 4.89. The molecule has 9 nitrogen and oxygen atoms in total. The van der Waals surface area contributed by atoms with Crippen molar-refractivity contribution in [2.24, 2.45) is 41.4 Å². The first kappa shape index (κ1) is 48.5. The molecule has 0 aromatic carbocycles. The molecule has 12 unspecified atom stereocenters. The van der Waals surface area contributed by atoms with Crippen LogP contribution in [0.2, 0.25) is 0 Å². The summed E-state index contributed by atoms with van der Waals surface area (Å²) >= 11 is 0. The van der Waals surface area contributed by atoms with Crippen LogP contribution < -0.4 is 10.2 Å². The monoisotopic (exact) mass is 746 g/mol. The molecule has 0 aromatic rings. The maximum absolute atomic E-state index is 12.9. The van der Waals surface area contributed by atoms with E-state index >= 15 is 0 Å². The molecular formula is C41H70CaO9. The third kappa shape index (κ3) is 15.6. The number of aliphatic carboxylic acids is 1. The quantitative estimate of drug-likeness (QED) is 0.0607. The fourth-order valence-electron chi connectivity index (χ4n) is 8.00. The molecule has 2 aliphatic heterocycles. The van der Waals surface area contributed by atoms with Crippen molar-refractivity contribution in [1.82, 2.24) is 0 Å². The summed E-state index contributed by atoms with van der Waals surface area (Å²) in [6.07, 6.45) is 10.2. The number of ether oxygens (including phenoxy) is 2. The Morgan fingerprint density at radius 3 is 2.06 bits per heavy atom. The van der Waals surface area contributed by atoms with Gasteiger partial charge in [0, 0.05) is 23.7 Å². The summed E-state index contributed by atoms with van der Waals surface area (Å²) in [7, 11) is 0. The van der Waals surface area contributed by atoms with Crippen LogP contribution in [0.1, 0.15) is 140 Å². The third-order valence-electron chi connectivity index (χ3n) is 11.9. The Labute approximate surface area is 339 Å². The Bertz CT molecular complexity index is 1130. The van der Waals surface area contributed by atoms with Crippen molar-refractivity contribution in [1.29, 1.82) is 0 Å². The van der Waals surface area contributed by atoms with Crippen LogP contribution in [-0.4, -0.2) is 107 Å². The average molecular weight is 747 g/mol. The Morgan fingerprint density at radius 1 is 0.843 bits per heavy atom. The van der Waals surface area contributed by atoms with E-state index in [0.717, 1.165) is 38.5 Å². The van der Waals surface area contributed by atoms with Crippen molar-refractivity contribution in [3.63, 3.8) is 0 Å². The molecule has 0 spiro atoms. The number of carbonyl (C=O) groups excluding carboxylic acids is 2. The number of hydrogen-bond donors (Lipinski definition) is 3. The van der Waals surface area contributed by atoms with E-state index in [4.69, 9.17) is 9.47 Å². The van der Waals surface area contributed by atoms with Crippen LogP contribution in [-0.2, 0) is 19.1 Å². The zero-order valence-corrected chi connectivity index (χ0v) is 35.6. The first-order chi connectivity index (χ1) is 23.2. The van der Waals surface area contributed by atoms with Crippen molar-refractivity contribution in [3.05, 3.63) is 24.0 Å². The summed E-state index contributed by atoms with van der Waals surface area (Å²) < 4.78 is 12.7. The van der Waals surface area contributed by atoms with Crippen LogP contribution in [0.5, 0.6) is 0 Å². The normalized spacial score (nSPS) is 30.1. The van der Waals surface area contributed by atoms with Crippen LogP contribution in [0.4, 0.5) is 0 Å². The van der Waals surface area contributed by atoms with Crippen LogP contribution in [0.25, 0.3) is 0 Å². The zero-order valence-electron chi connectivity index (χ0n) is 33.4. The molecule has 10 heteroatoms. The van der Waals surface area contributed by atoms with E-state index in [1.165, 1.54) is 6.08 Å². The van der Waals surface area contributed by atoms with Gasteiger partial charge in [-0.2, -0.15) is 0 Å². The predicted molar refractivity (Wildman–Crippen MR) is 198 cm³/mol. The number of ketones is 1. The number of aliphatic hydroxyl groups is 3. The number of rotatable bonds is 22. The van der Waals surface area contributed by atoms with Gasteiger partial charge in [-0.05, 0) is 121 Å². The van der Waals surface area contributed by atoms with E-state index in [1.54, 1.807) is 6.92 Å². The van der Waals surface area contributed by atoms with Gasteiger partial charge in [0.05, 0.1) is 41.7 Å². The average Bonchev–Trinajstić information content (AvgIpc) is 3.63. The smallest absolute Gasteiger partial charge is 0.875 e. The number of hydrogen-bond acceptors (Lipinski definition) is 9. The van der Waals surface area contributed by atoms with Crippen LogP contribution in [0, 0.1) is 41.4 Å². The summed E-state index contributed by atoms with van der Waals surface area (Å²) in [6, 6.07) is 0. The largest absolute Gasteiger partial charge is 2.00 e. The second kappa shape index (κ2) is 22.1. The molecule has 2 fully saturated rings. The maximum atomic E-state index is 12.9. The summed E-state index contributed by atoms with van der Waals surface area (Å²) in [4.78, 5) is 23.5. The molecule has 3 N–H and O–H groups in total. The van der Waals surface area contributed by atoms with Gasteiger partial charge >= 0.3 is 37.7 Å². The Morgan fingerprint density at radius 2 is 1.47 bits per heavy atom. The van der Waals surface area contributed by atoms with Crippen molar-refractivity contribution in [2.45, 2.75) is 182 Å². The Hall–Kier alpha value is -0.520. The SMILES string of the molecule is CC(CCC(=O)[O-])CC(C)CC(C)C(=O)C=C([O-])C(C)CC(C)CC=CC(C)C(O)C(C)C(O)CC1CC[C@@](C)(C2CC[C@@](C)(C(C)O)O2)O1.[Ca+2]. The number of allylic oxidation sites excluding steroid dienone is 3. The second-order valence-corrected chi connectivity index (χ2v) is 17.1. The standard InChI is InChI=1S/C41H72O9.Ca/c1-25(21-29(5)34(43)24-35(44)30(6)22-27(3)20-26(2)14-15-38(46)47)12-11-13-28(4)39(48)31(7)36(45)23-33-16-18-41(10,49-33)37-17-19-40(9,50-37)32(8)42;/h11,13,24-33,36-37,39,42-43,45,48H,12,14-23H2,1-10H3,(H,46,47);/q;+2/p-2/t25?,26?,27?,28?,29?,30?,31?,32?,33?,36?,37?,39?,40-,41-;/m0./s1. The molecule has 51 heavy (non-hydrogen) atoms. The summed E-state index contributed by atoms with van der Waals surface area (Å²) in [5, 5.41) is 55.9. The van der Waals surface area contributed by atoms with E-state index in [1.807, 2.05) is 53.7 Å². The zero-order chi connectivity index (χ0) is 38.0. The van der Waals surface area contributed by atoms with Gasteiger partial charge in [-0.1, -0.05) is 60.6 Å². The van der Waals surface area contributed by atoms with Gasteiger partial charge < -0.3 is 39.8 Å². The summed E-state index contributed by atoms with van der Waals surface area (Å²) in [5.41, 5.74) is -1.02. The number of aliphatic hydroxyl groups excluding tert-OH is 3. The molecule has 2 heterocycles. The molecule has 14 atom stereocenters. The molecule has 0 bridgehead atoms. The first-order valence-corrected chi connectivity index (χ1v) is 19.4. The van der Waals surface area contributed by atoms with Crippen molar-refractivity contribution in [3.8, 4) is 0 Å². The second-order valence-electron chi connectivity index (χ2n) is 17.1. The molecule has 2 saturated heterocycles. The molecule has 0 saturated carbocycles. The summed E-state index contributed by atoms with van der Waals surface area (Å²) in [6.45, 7) is 19.4. The third-order valence-corrected chi connectivity index (χ3v) is 11.9. The topological polar surface area (TPSA) is 159 Å². The Kier molecular flexibility index (Phi) is 21.1. The molecule has 0 radical (unpaired) electrons. The van der Waals surface area contributed by atoms with Crippen molar-refractivity contribution in [2.75, 3.05) is 0 Å². The van der Waals surface area contributed by atoms with Gasteiger partial charge in [-0.25, -0.2) is 0 Å². The number of carboxylic acids is 1. The number of carbonyl (C=O) groups is 2. The van der Waals surface area contributed by atoms with E-state index < -0.39 is 35.5 Å². The summed E-state index contributed by atoms with van der Waals surface area (Å²) in [5.74, 6) is -1.73. The van der Waals surface area contributed by atoms with Crippen LogP contribution in [0.3, 0.4) is 0 Å². The molecule has 0 aliphatic carbocycles. The van der Waals surface area contributed by atoms with Crippen molar-refractivity contribution >= 4 is 49.5 Å². The van der Waals surface area contributed by atoms with E-state index in [9.17, 15) is 35.1 Å². The fraction of sp³-hybridized carbons (Fsp3) is 0.854. The molecule has 2 rings (SSSR count). The van der Waals surface area contributed by atoms with Crippen molar-refractivity contribution < 1.29 is 44.6 Å². The van der Waals surface area contributed by atoms with E-state index in [0.29, 0.717) is 25.7 Å².